The van der Waals surface area contributed by atoms with Crippen LogP contribution in [0.25, 0.3) is 0 Å². The van der Waals surface area contributed by atoms with E-state index in [-0.39, 0.29) is 19.4 Å². The van der Waals surface area contributed by atoms with Crippen LogP contribution in [0, 0.1) is 0 Å². The van der Waals surface area contributed by atoms with Crippen LogP contribution in [-0.4, -0.2) is 65.7 Å². The molecule has 0 aromatic carbocycles. The molecule has 354 valence electrons. The van der Waals surface area contributed by atoms with Crippen molar-refractivity contribution in [3.8, 4) is 0 Å². The number of phosphoric acid groups is 1. The van der Waals surface area contributed by atoms with Crippen molar-refractivity contribution < 1.29 is 47.8 Å². The van der Waals surface area contributed by atoms with Gasteiger partial charge in [0, 0.05) is 12.8 Å². The number of aliphatic hydroxyl groups is 2. The summed E-state index contributed by atoms with van der Waals surface area (Å²) in [5.41, 5.74) is 0. The fraction of sp³-hybridized carbons (Fsp3) is 0.760. The molecule has 0 fully saturated rings. The molecule has 1 unspecified atom stereocenters. The Hall–Kier alpha value is -2.33. The average molecular weight is 881 g/mol. The lowest BCUT2D eigenvalue weighted by atomic mass is 10.0. The molecule has 0 spiro atoms. The monoisotopic (exact) mass is 881 g/mol. The van der Waals surface area contributed by atoms with Gasteiger partial charge in [0.05, 0.1) is 19.8 Å². The second-order valence-corrected chi connectivity index (χ2v) is 17.6. The van der Waals surface area contributed by atoms with Gasteiger partial charge in [-0.2, -0.15) is 0 Å². The van der Waals surface area contributed by atoms with Crippen LogP contribution in [0.15, 0.2) is 60.8 Å². The highest BCUT2D eigenvalue weighted by molar-refractivity contribution is 7.47. The quantitative estimate of drug-likeness (QED) is 0.0233. The number of carbonyl (C=O) groups is 2. The minimum atomic E-state index is -4.64. The summed E-state index contributed by atoms with van der Waals surface area (Å²) >= 11 is 0. The van der Waals surface area contributed by atoms with E-state index in [0.717, 1.165) is 44.9 Å². The zero-order valence-corrected chi connectivity index (χ0v) is 39.5. The normalized spacial score (nSPS) is 14.2. The number of esters is 2. The van der Waals surface area contributed by atoms with Crippen molar-refractivity contribution in [2.75, 3.05) is 26.4 Å². The number of hydrogen-bond acceptors (Lipinski definition) is 9. The maximum Gasteiger partial charge on any atom is 0.472 e. The third-order valence-corrected chi connectivity index (χ3v) is 11.1. The Bertz CT molecular complexity index is 1200. The van der Waals surface area contributed by atoms with Crippen LogP contribution >= 0.6 is 7.82 Å². The van der Waals surface area contributed by atoms with Gasteiger partial charge in [-0.3, -0.25) is 18.6 Å². The predicted molar refractivity (Wildman–Crippen MR) is 251 cm³/mol. The number of ether oxygens (including phenoxy) is 2. The summed E-state index contributed by atoms with van der Waals surface area (Å²) in [5, 5.41) is 18.4. The van der Waals surface area contributed by atoms with Gasteiger partial charge in [0.1, 0.15) is 12.7 Å². The minimum absolute atomic E-state index is 0.0604. The van der Waals surface area contributed by atoms with Gasteiger partial charge >= 0.3 is 19.8 Å². The van der Waals surface area contributed by atoms with Crippen LogP contribution in [0.3, 0.4) is 0 Å². The molecule has 3 atom stereocenters. The Morgan fingerprint density at radius 2 is 0.885 bits per heavy atom. The summed E-state index contributed by atoms with van der Waals surface area (Å²) in [5.74, 6) is -1.02. The summed E-state index contributed by atoms with van der Waals surface area (Å²) in [7, 11) is -4.64. The molecule has 0 aromatic heterocycles. The topological polar surface area (TPSA) is 149 Å². The van der Waals surface area contributed by atoms with E-state index in [1.807, 2.05) is 12.2 Å². The van der Waals surface area contributed by atoms with Crippen molar-refractivity contribution in [1.29, 1.82) is 0 Å². The zero-order valence-electron chi connectivity index (χ0n) is 38.6. The number of hydrogen-bond donors (Lipinski definition) is 3. The fourth-order valence-electron chi connectivity index (χ4n) is 6.45. The van der Waals surface area contributed by atoms with Crippen LogP contribution in [-0.2, 0) is 32.7 Å². The lowest BCUT2D eigenvalue weighted by Crippen LogP contribution is -2.29. The SMILES string of the molecule is CCCCC/C=C/C/C=C/C/C=C/C/C=C/C/C=C/CCC(=O)O[C@H](COC(=O)CCCCCCCCCCCCCCCCCCCCC)COP(=O)(O)OC[C@@H](O)CO. The Kier molecular flexibility index (Phi) is 43.9. The second-order valence-electron chi connectivity index (χ2n) is 16.1. The van der Waals surface area contributed by atoms with Gasteiger partial charge in [-0.05, 0) is 51.4 Å². The van der Waals surface area contributed by atoms with Gasteiger partial charge in [-0.1, -0.05) is 203 Å². The molecule has 0 bridgehead atoms. The highest BCUT2D eigenvalue weighted by Crippen LogP contribution is 2.43. The van der Waals surface area contributed by atoms with E-state index in [1.165, 1.54) is 122 Å². The molecule has 0 rings (SSSR count). The van der Waals surface area contributed by atoms with Gasteiger partial charge in [0.2, 0.25) is 0 Å². The first-order valence-electron chi connectivity index (χ1n) is 24.2. The minimum Gasteiger partial charge on any atom is -0.462 e. The summed E-state index contributed by atoms with van der Waals surface area (Å²) in [4.78, 5) is 35.1. The van der Waals surface area contributed by atoms with Crippen LogP contribution in [0.4, 0.5) is 0 Å². The van der Waals surface area contributed by atoms with Crippen molar-refractivity contribution in [2.45, 2.75) is 219 Å². The number of rotatable bonds is 45. The van der Waals surface area contributed by atoms with Crippen molar-refractivity contribution in [1.82, 2.24) is 0 Å². The molecule has 0 aliphatic heterocycles. The van der Waals surface area contributed by atoms with E-state index in [2.05, 4.69) is 62.5 Å². The second kappa shape index (κ2) is 45.7. The van der Waals surface area contributed by atoms with Gasteiger partial charge in [0.15, 0.2) is 6.10 Å². The Labute approximate surface area is 372 Å². The molecule has 61 heavy (non-hydrogen) atoms. The standard InChI is InChI=1S/C50H89O10P/c1-3-5-7-9-11-13-15-17-19-21-23-25-27-29-31-33-35-37-39-41-49(53)57-45-48(46-59-61(55,56)58-44-47(52)43-51)60-50(54)42-40-38-36-34-32-30-28-26-24-22-20-18-16-14-12-10-8-6-4-2/h12,14,18,20,24,26,30,32,36,38,47-48,51-52H,3-11,13,15-17,19,21-23,25,27-29,31,33-35,37,39-46H2,1-2H3,(H,55,56)/b14-12+,20-18+,26-24+,32-30+,38-36+/t47-,48+/m0/s1. The number of unbranched alkanes of at least 4 members (excludes halogenated alkanes) is 21. The van der Waals surface area contributed by atoms with Crippen molar-refractivity contribution in [3.63, 3.8) is 0 Å². The first-order chi connectivity index (χ1) is 29.7. The fourth-order valence-corrected chi connectivity index (χ4v) is 7.24. The van der Waals surface area contributed by atoms with E-state index < -0.39 is 51.8 Å². The smallest absolute Gasteiger partial charge is 0.462 e. The Morgan fingerprint density at radius 1 is 0.492 bits per heavy atom. The molecule has 0 aromatic rings. The highest BCUT2D eigenvalue weighted by Gasteiger charge is 2.27. The molecule has 11 heteroatoms. The van der Waals surface area contributed by atoms with Gasteiger partial charge in [0.25, 0.3) is 0 Å². The lowest BCUT2D eigenvalue weighted by Gasteiger charge is -2.20. The van der Waals surface area contributed by atoms with E-state index in [9.17, 15) is 24.2 Å². The molecular weight excluding hydrogens is 792 g/mol. The molecule has 0 aliphatic rings. The van der Waals surface area contributed by atoms with Gasteiger partial charge < -0.3 is 24.6 Å². The first-order valence-corrected chi connectivity index (χ1v) is 25.7. The Morgan fingerprint density at radius 3 is 1.34 bits per heavy atom. The third kappa shape index (κ3) is 45.5. The van der Waals surface area contributed by atoms with Crippen molar-refractivity contribution in [2.24, 2.45) is 0 Å². The van der Waals surface area contributed by atoms with Crippen LogP contribution in [0.1, 0.15) is 206 Å². The molecular formula is C50H89O10P. The highest BCUT2D eigenvalue weighted by atomic mass is 31.2. The molecule has 0 heterocycles. The molecule has 0 saturated heterocycles. The molecule has 0 amide bonds. The van der Waals surface area contributed by atoms with E-state index in [1.54, 1.807) is 0 Å². The number of phosphoric ester groups is 1. The third-order valence-electron chi connectivity index (χ3n) is 10.2. The van der Waals surface area contributed by atoms with Crippen LogP contribution < -0.4 is 0 Å². The van der Waals surface area contributed by atoms with Gasteiger partial charge in [-0.15, -0.1) is 0 Å². The molecule has 0 saturated carbocycles. The van der Waals surface area contributed by atoms with Crippen LogP contribution in [0.5, 0.6) is 0 Å². The summed E-state index contributed by atoms with van der Waals surface area (Å²) in [6.45, 7) is 2.29. The molecule has 10 nitrogen and oxygen atoms in total. The maximum atomic E-state index is 12.6. The summed E-state index contributed by atoms with van der Waals surface area (Å²) in [6.07, 6.45) is 52.0. The summed E-state index contributed by atoms with van der Waals surface area (Å²) < 4.78 is 32.7. The van der Waals surface area contributed by atoms with Crippen LogP contribution in [0.2, 0.25) is 0 Å². The molecule has 3 N–H and O–H groups in total. The number of allylic oxidation sites excluding steroid dienone is 10. The van der Waals surface area contributed by atoms with E-state index in [4.69, 9.17) is 23.6 Å². The number of aliphatic hydroxyl groups excluding tert-OH is 2. The molecule has 0 radical (unpaired) electrons. The first kappa shape index (κ1) is 58.7. The van der Waals surface area contributed by atoms with Gasteiger partial charge in [-0.25, -0.2) is 4.57 Å². The zero-order chi connectivity index (χ0) is 44.8. The maximum absolute atomic E-state index is 12.6. The van der Waals surface area contributed by atoms with E-state index >= 15 is 0 Å². The largest absolute Gasteiger partial charge is 0.472 e. The molecule has 0 aliphatic carbocycles. The van der Waals surface area contributed by atoms with Crippen molar-refractivity contribution >= 4 is 19.8 Å². The Balaban J connectivity index is 4.33. The lowest BCUT2D eigenvalue weighted by molar-refractivity contribution is -0.161. The van der Waals surface area contributed by atoms with E-state index in [0.29, 0.717) is 12.8 Å². The number of carbonyl (C=O) groups excluding carboxylic acids is 2. The summed E-state index contributed by atoms with van der Waals surface area (Å²) in [6, 6.07) is 0. The average Bonchev–Trinajstić information content (AvgIpc) is 3.25. The predicted octanol–water partition coefficient (Wildman–Crippen LogP) is 13.5. The van der Waals surface area contributed by atoms with Crippen molar-refractivity contribution in [3.05, 3.63) is 60.8 Å².